The summed E-state index contributed by atoms with van der Waals surface area (Å²) in [6, 6.07) is 70.5. The topological polar surface area (TPSA) is 26.3 Å². The molecule has 0 amide bonds. The molecule has 0 spiro atoms. The molecule has 13 aromatic rings. The molecule has 2 aromatic heterocycles. The Hall–Kier alpha value is -7.68. The highest BCUT2D eigenvalue weighted by Gasteiger charge is 2.21. The third-order valence-corrected chi connectivity index (χ3v) is 12.4. The van der Waals surface area contributed by atoms with E-state index in [1.165, 1.54) is 76.1 Å². The van der Waals surface area contributed by atoms with Crippen molar-refractivity contribution in [3.05, 3.63) is 194 Å². The Morgan fingerprint density at radius 1 is 0.259 bits per heavy atom. The molecule has 0 aliphatic rings. The van der Waals surface area contributed by atoms with Crippen molar-refractivity contribution in [1.82, 2.24) is 0 Å². The van der Waals surface area contributed by atoms with Crippen LogP contribution in [0.25, 0.3) is 131 Å². The Balaban J connectivity index is 0.994. The normalized spacial score (nSPS) is 12.1. The van der Waals surface area contributed by atoms with E-state index in [0.29, 0.717) is 0 Å². The molecule has 0 N–H and O–H groups in total. The summed E-state index contributed by atoms with van der Waals surface area (Å²) in [5, 5.41) is 16.7. The Kier molecular flexibility index (Phi) is 6.47. The van der Waals surface area contributed by atoms with E-state index < -0.39 is 0 Å². The average Bonchev–Trinajstić information content (AvgIpc) is 3.86. The number of benzene rings is 11. The highest BCUT2D eigenvalue weighted by Crippen LogP contribution is 2.47. The van der Waals surface area contributed by atoms with E-state index in [1.54, 1.807) is 0 Å². The average molecular weight is 737 g/mol. The highest BCUT2D eigenvalue weighted by molar-refractivity contribution is 6.28. The number of para-hydroxylation sites is 1. The van der Waals surface area contributed by atoms with Crippen LogP contribution in [0.1, 0.15) is 0 Å². The number of hydrogen-bond donors (Lipinski definition) is 0. The zero-order valence-electron chi connectivity index (χ0n) is 31.3. The molecule has 0 unspecified atom stereocenters. The van der Waals surface area contributed by atoms with Crippen molar-refractivity contribution < 1.29 is 8.83 Å². The molecule has 0 fully saturated rings. The Bertz CT molecular complexity index is 3800. The largest absolute Gasteiger partial charge is 0.456 e. The van der Waals surface area contributed by atoms with Gasteiger partial charge in [0, 0.05) is 16.2 Å². The summed E-state index contributed by atoms with van der Waals surface area (Å²) in [7, 11) is 0. The predicted octanol–water partition coefficient (Wildman–Crippen LogP) is 16.3. The minimum absolute atomic E-state index is 0.841. The summed E-state index contributed by atoms with van der Waals surface area (Å²) in [6.45, 7) is 0. The van der Waals surface area contributed by atoms with Crippen molar-refractivity contribution in [2.24, 2.45) is 0 Å². The summed E-state index contributed by atoms with van der Waals surface area (Å²) < 4.78 is 13.1. The first kappa shape index (κ1) is 31.5. The molecule has 0 saturated carbocycles. The van der Waals surface area contributed by atoms with Crippen molar-refractivity contribution in [3.63, 3.8) is 0 Å². The van der Waals surface area contributed by atoms with E-state index in [0.717, 1.165) is 55.0 Å². The molecule has 268 valence electrons. The van der Waals surface area contributed by atoms with Gasteiger partial charge in [0.1, 0.15) is 22.3 Å². The molecule has 0 aliphatic heterocycles. The molecule has 0 bridgehead atoms. The van der Waals surface area contributed by atoms with Crippen LogP contribution in [0.15, 0.2) is 203 Å². The fourth-order valence-electron chi connectivity index (χ4n) is 9.89. The van der Waals surface area contributed by atoms with Crippen molar-refractivity contribution in [3.8, 4) is 33.4 Å². The van der Waals surface area contributed by atoms with Gasteiger partial charge in [-0.1, -0.05) is 158 Å². The van der Waals surface area contributed by atoms with Crippen LogP contribution in [0.4, 0.5) is 0 Å². The van der Waals surface area contributed by atoms with Crippen LogP contribution in [0.3, 0.4) is 0 Å². The lowest BCUT2D eigenvalue weighted by molar-refractivity contribution is 0.663. The fourth-order valence-corrected chi connectivity index (χ4v) is 9.89. The van der Waals surface area contributed by atoms with Gasteiger partial charge in [-0.3, -0.25) is 0 Å². The van der Waals surface area contributed by atoms with E-state index in [-0.39, 0.29) is 0 Å². The zero-order valence-corrected chi connectivity index (χ0v) is 31.3. The number of rotatable bonds is 3. The fraction of sp³-hybridized carbons (Fsp3) is 0. The third kappa shape index (κ3) is 4.43. The van der Waals surface area contributed by atoms with Crippen LogP contribution >= 0.6 is 0 Å². The highest BCUT2D eigenvalue weighted by atomic mass is 16.3. The van der Waals surface area contributed by atoms with Crippen molar-refractivity contribution >= 4 is 97.7 Å². The lowest BCUT2D eigenvalue weighted by Gasteiger charge is -2.19. The van der Waals surface area contributed by atoms with Crippen molar-refractivity contribution in [2.45, 2.75) is 0 Å². The Morgan fingerprint density at radius 2 is 0.845 bits per heavy atom. The third-order valence-electron chi connectivity index (χ3n) is 12.4. The van der Waals surface area contributed by atoms with E-state index in [4.69, 9.17) is 8.83 Å². The van der Waals surface area contributed by atoms with E-state index in [9.17, 15) is 0 Å². The van der Waals surface area contributed by atoms with Crippen LogP contribution in [0.5, 0.6) is 0 Å². The summed E-state index contributed by atoms with van der Waals surface area (Å²) in [5.41, 5.74) is 10.8. The Labute approximate surface area is 332 Å². The van der Waals surface area contributed by atoms with Crippen LogP contribution in [-0.4, -0.2) is 0 Å². The second kappa shape index (κ2) is 11.9. The molecule has 0 aliphatic carbocycles. The molecule has 11 aromatic carbocycles. The number of furan rings is 2. The van der Waals surface area contributed by atoms with Gasteiger partial charge in [-0.15, -0.1) is 0 Å². The van der Waals surface area contributed by atoms with E-state index in [1.807, 2.05) is 12.1 Å². The van der Waals surface area contributed by atoms with Gasteiger partial charge in [0.15, 0.2) is 0 Å². The minimum Gasteiger partial charge on any atom is -0.456 e. The molecule has 58 heavy (non-hydrogen) atoms. The number of fused-ring (bicyclic) bond motifs is 13. The maximum Gasteiger partial charge on any atom is 0.147 e. The van der Waals surface area contributed by atoms with Crippen LogP contribution in [0, 0.1) is 0 Å². The van der Waals surface area contributed by atoms with Gasteiger partial charge in [-0.25, -0.2) is 0 Å². The van der Waals surface area contributed by atoms with Gasteiger partial charge >= 0.3 is 0 Å². The van der Waals surface area contributed by atoms with Crippen molar-refractivity contribution in [1.29, 1.82) is 0 Å². The zero-order chi connectivity index (χ0) is 37.9. The second-order valence-corrected chi connectivity index (χ2v) is 15.5. The molecular formula is C56H32O2. The first-order chi connectivity index (χ1) is 28.8. The second-order valence-electron chi connectivity index (χ2n) is 15.5. The summed E-state index contributed by atoms with van der Waals surface area (Å²) in [6.07, 6.45) is 0. The van der Waals surface area contributed by atoms with Crippen LogP contribution in [0.2, 0.25) is 0 Å². The van der Waals surface area contributed by atoms with Gasteiger partial charge in [0.2, 0.25) is 0 Å². The molecule has 0 atom stereocenters. The molecule has 13 rings (SSSR count). The van der Waals surface area contributed by atoms with Gasteiger partial charge in [-0.2, -0.15) is 0 Å². The molecule has 0 radical (unpaired) electrons. The Morgan fingerprint density at radius 3 is 1.60 bits per heavy atom. The monoisotopic (exact) mass is 736 g/mol. The van der Waals surface area contributed by atoms with Crippen LogP contribution in [-0.2, 0) is 0 Å². The lowest BCUT2D eigenvalue weighted by Crippen LogP contribution is -1.91. The van der Waals surface area contributed by atoms with Gasteiger partial charge in [0.05, 0.1) is 5.39 Å². The summed E-state index contributed by atoms with van der Waals surface area (Å²) >= 11 is 0. The van der Waals surface area contributed by atoms with Gasteiger partial charge < -0.3 is 8.83 Å². The molecule has 0 saturated heterocycles. The minimum atomic E-state index is 0.841. The maximum absolute atomic E-state index is 6.82. The first-order valence-corrected chi connectivity index (χ1v) is 19.9. The van der Waals surface area contributed by atoms with Crippen LogP contribution < -0.4 is 0 Å². The number of hydrogen-bond acceptors (Lipinski definition) is 2. The molecule has 2 heteroatoms. The SMILES string of the molecule is c1ccc2c(-c3c4ccccc4c(-c4ccc5cc(-c6cc7oc8c(ccc9oc%10ccccc%10c98)c7c7ccccc67)ccc5c4)c4ccccc34)cccc2c1. The summed E-state index contributed by atoms with van der Waals surface area (Å²) in [5.74, 6) is 0. The standard InChI is InChI=1S/C56H32O2/c1-2-14-38-33(12-1)13-11-22-40(38)53-44-19-7-5-17-42(44)52(43-18-6-8-20-45(43)53)37-27-25-34-30-36(26-24-35(34)31-37)48-32-51-54(41-16-4-3-15-39(41)48)47-28-29-50-55(56(47)58-51)46-21-9-10-23-49(46)57-50/h1-32H. The molecule has 2 heterocycles. The van der Waals surface area contributed by atoms with Crippen molar-refractivity contribution in [2.75, 3.05) is 0 Å². The van der Waals surface area contributed by atoms with Gasteiger partial charge in [-0.05, 0) is 124 Å². The quantitative estimate of drug-likeness (QED) is 0.169. The van der Waals surface area contributed by atoms with E-state index in [2.05, 4.69) is 182 Å². The first-order valence-electron chi connectivity index (χ1n) is 19.9. The molecule has 2 nitrogen and oxygen atoms in total. The smallest absolute Gasteiger partial charge is 0.147 e. The van der Waals surface area contributed by atoms with E-state index >= 15 is 0 Å². The maximum atomic E-state index is 6.82. The molecular weight excluding hydrogens is 705 g/mol. The lowest BCUT2D eigenvalue weighted by atomic mass is 9.84. The predicted molar refractivity (Wildman–Crippen MR) is 245 cm³/mol. The summed E-state index contributed by atoms with van der Waals surface area (Å²) in [4.78, 5) is 0. The van der Waals surface area contributed by atoms with Gasteiger partial charge in [0.25, 0.3) is 0 Å².